The summed E-state index contributed by atoms with van der Waals surface area (Å²) in [6.07, 6.45) is 0. The fraction of sp³-hybridized carbons (Fsp3) is 0.217. The summed E-state index contributed by atoms with van der Waals surface area (Å²) >= 11 is -9.29. The molecule has 0 unspecified atom stereocenters. The molecule has 4 aliphatic carbocycles. The van der Waals surface area contributed by atoms with Crippen LogP contribution in [-0.4, -0.2) is 36.2 Å². The Balaban J connectivity index is 1.49. The third-order valence-electron chi connectivity index (χ3n) is 11.8. The Morgan fingerprint density at radius 2 is 0.654 bits per heavy atom. The van der Waals surface area contributed by atoms with E-state index in [9.17, 15) is 0 Å². The van der Waals surface area contributed by atoms with Crippen molar-refractivity contribution in [1.82, 2.24) is 0 Å². The summed E-state index contributed by atoms with van der Waals surface area (Å²) in [6.45, 7) is 22.3. The molecule has 260 valence electrons. The summed E-state index contributed by atoms with van der Waals surface area (Å²) in [5.41, 5.74) is 26.8. The van der Waals surface area contributed by atoms with Gasteiger partial charge in [-0.1, -0.05) is 0 Å². The monoisotopic (exact) mass is 936 g/mol. The van der Waals surface area contributed by atoms with Crippen molar-refractivity contribution in [2.45, 2.75) is 69.2 Å². The summed E-state index contributed by atoms with van der Waals surface area (Å²) < 4.78 is 16.9. The molecule has 0 spiro atoms. The van der Waals surface area contributed by atoms with Gasteiger partial charge in [0, 0.05) is 0 Å². The molecule has 52 heavy (non-hydrogen) atoms. The van der Waals surface area contributed by atoms with E-state index in [0.717, 1.165) is 29.4 Å². The van der Waals surface area contributed by atoms with E-state index in [1.54, 1.807) is 0 Å². The van der Waals surface area contributed by atoms with Gasteiger partial charge >= 0.3 is 328 Å². The summed E-state index contributed by atoms with van der Waals surface area (Å²) in [4.78, 5) is 0. The van der Waals surface area contributed by atoms with Crippen LogP contribution in [-0.2, 0) is 2.82 Å². The van der Waals surface area contributed by atoms with Crippen LogP contribution in [0.5, 0.6) is 0 Å². The summed E-state index contributed by atoms with van der Waals surface area (Å²) in [5.74, 6) is 0. The van der Waals surface area contributed by atoms with Crippen LogP contribution in [0.4, 0.5) is 0 Å². The van der Waals surface area contributed by atoms with Gasteiger partial charge in [-0.25, -0.2) is 0 Å². The molecule has 8 bridgehead atoms. The molecule has 5 heterocycles. The second kappa shape index (κ2) is 12.0. The van der Waals surface area contributed by atoms with Gasteiger partial charge in [0.2, 0.25) is 0 Å². The first-order valence-corrected chi connectivity index (χ1v) is 32.9. The van der Waals surface area contributed by atoms with E-state index >= 15 is 0 Å². The third-order valence-corrected chi connectivity index (χ3v) is 57.8. The van der Waals surface area contributed by atoms with Gasteiger partial charge in [-0.3, -0.25) is 0 Å². The van der Waals surface area contributed by atoms with Crippen molar-refractivity contribution in [3.63, 3.8) is 0 Å². The number of hydrogen-bond donors (Lipinski definition) is 0. The Kier molecular flexibility index (Phi) is 8.08. The number of hydrogen-bond acceptors (Lipinski definition) is 2. The van der Waals surface area contributed by atoms with Crippen LogP contribution in [0, 0.1) is 69.2 Å². The number of halogens is 2. The first-order chi connectivity index (χ1) is 24.6. The molecule has 6 heteroatoms. The minimum atomic E-state index is -4.64. The van der Waals surface area contributed by atoms with Gasteiger partial charge in [0.15, 0.2) is 0 Å². The van der Waals surface area contributed by atoms with Crippen LogP contribution in [0.3, 0.4) is 0 Å². The quantitative estimate of drug-likeness (QED) is 0.161. The average molecular weight is 935 g/mol. The van der Waals surface area contributed by atoms with Crippen LogP contribution in [0.15, 0.2) is 72.8 Å². The van der Waals surface area contributed by atoms with Crippen molar-refractivity contribution in [3.8, 4) is 66.8 Å². The third kappa shape index (κ3) is 4.83. The Hall–Kier alpha value is -2.58. The maximum absolute atomic E-state index is 8.03. The molecule has 0 saturated carbocycles. The van der Waals surface area contributed by atoms with Crippen LogP contribution in [0.2, 0.25) is 0 Å². The SMILES string of the molecule is Cc1cc(C)c(-c2cccc3[c]2[Sn]2([Cl])[O][Sn]([Cl])([O]2)[c]2c(-c4c(C)cc(C)cc4C)cccc2-c2c4cc(C)c(c2C)-c2cc(C)c-4c(C)c2-3)c(C)c1. The Bertz CT molecular complexity index is 2390. The zero-order valence-corrected chi connectivity index (χ0v) is 38.7. The minimum absolute atomic E-state index is 1.04. The molecular formula is C46H42Cl2O2Sn2. The van der Waals surface area contributed by atoms with Crippen molar-refractivity contribution in [3.05, 3.63) is 128 Å². The number of aryl methyl sites for hydroxylation is 8. The molecule has 0 aromatic heterocycles. The van der Waals surface area contributed by atoms with Gasteiger partial charge in [0.25, 0.3) is 0 Å². The van der Waals surface area contributed by atoms with E-state index in [0.29, 0.717) is 0 Å². The zero-order chi connectivity index (χ0) is 36.8. The Labute approximate surface area is 325 Å². The molecule has 5 aliphatic heterocycles. The van der Waals surface area contributed by atoms with Crippen LogP contribution >= 0.6 is 17.8 Å². The standard InChI is InChI=1S/C46H42.2ClH.2O.2Sn/c1-25-17-27(3)41(28(4)18-25)35-13-11-15-37(23-35)45-33(9)43-31(7)21-39(45)44-32(8)22-40(43)46(34(44)10)38-16-12-14-36(24-38)42-29(5)19-26(2)20-30(42)6;;;;;;/h11-22H,1-10H3;2*1H;;;;/q;;;;;2*+1/p-2. The molecular weight excluding hydrogens is 893 g/mol. The molecule has 2 nitrogen and oxygen atoms in total. The van der Waals surface area contributed by atoms with Crippen LogP contribution in [0.25, 0.3) is 66.8 Å². The van der Waals surface area contributed by atoms with Crippen molar-refractivity contribution in [2.24, 2.45) is 0 Å². The maximum atomic E-state index is 8.03. The van der Waals surface area contributed by atoms with E-state index in [4.69, 9.17) is 20.7 Å². The van der Waals surface area contributed by atoms with Gasteiger partial charge in [-0.2, -0.15) is 0 Å². The van der Waals surface area contributed by atoms with Crippen molar-refractivity contribution >= 4 is 61.2 Å². The van der Waals surface area contributed by atoms with Gasteiger partial charge < -0.3 is 0 Å². The van der Waals surface area contributed by atoms with E-state index in [2.05, 4.69) is 142 Å². The fourth-order valence-corrected chi connectivity index (χ4v) is 66.3. The predicted molar refractivity (Wildman–Crippen MR) is 225 cm³/mol. The van der Waals surface area contributed by atoms with Crippen LogP contribution < -0.4 is 7.16 Å². The topological polar surface area (TPSA) is 18.5 Å². The van der Waals surface area contributed by atoms with Gasteiger partial charge in [0.1, 0.15) is 0 Å². The first kappa shape index (κ1) is 35.1. The Morgan fingerprint density at radius 1 is 0.365 bits per heavy atom. The normalized spacial score (nSPS) is 19.2. The molecule has 6 aromatic rings. The van der Waals surface area contributed by atoms with Gasteiger partial charge in [-0.15, -0.1) is 0 Å². The second-order valence-corrected chi connectivity index (χ2v) is 40.1. The first-order valence-electron chi connectivity index (χ1n) is 18.1. The molecule has 9 aliphatic rings. The molecule has 6 aromatic carbocycles. The summed E-state index contributed by atoms with van der Waals surface area (Å²) in [7, 11) is 16.1. The zero-order valence-electron chi connectivity index (χ0n) is 31.5. The molecule has 0 amide bonds. The Morgan fingerprint density at radius 3 is 0.981 bits per heavy atom. The van der Waals surface area contributed by atoms with Crippen molar-refractivity contribution in [2.75, 3.05) is 0 Å². The van der Waals surface area contributed by atoms with E-state index in [1.807, 2.05) is 0 Å². The molecule has 0 radical (unpaired) electrons. The van der Waals surface area contributed by atoms with Gasteiger partial charge in [-0.05, 0) is 0 Å². The van der Waals surface area contributed by atoms with Crippen molar-refractivity contribution in [1.29, 1.82) is 0 Å². The number of rotatable bonds is 2. The van der Waals surface area contributed by atoms with Gasteiger partial charge in [0.05, 0.1) is 0 Å². The van der Waals surface area contributed by atoms with E-state index in [-0.39, 0.29) is 0 Å². The molecule has 1 fully saturated rings. The second-order valence-electron chi connectivity index (χ2n) is 15.5. The molecule has 0 atom stereocenters. The van der Waals surface area contributed by atoms with E-state index < -0.39 is 36.2 Å². The molecule has 15 rings (SSSR count). The van der Waals surface area contributed by atoms with E-state index in [1.165, 1.54) is 100 Å². The fourth-order valence-electron chi connectivity index (χ4n) is 10.2. The number of benzene rings is 6. The predicted octanol–water partition coefficient (Wildman–Crippen LogP) is 11.9. The van der Waals surface area contributed by atoms with Crippen molar-refractivity contribution < 1.29 is 2.82 Å². The van der Waals surface area contributed by atoms with Crippen LogP contribution in [0.1, 0.15) is 55.6 Å². The average Bonchev–Trinajstić information content (AvgIpc) is 3.02. The summed E-state index contributed by atoms with van der Waals surface area (Å²) in [6, 6.07) is 27.2. The molecule has 0 N–H and O–H groups in total. The summed E-state index contributed by atoms with van der Waals surface area (Å²) in [5, 5.41) is 0. The molecule has 1 saturated heterocycles.